The van der Waals surface area contributed by atoms with E-state index in [1.165, 1.54) is 19.3 Å². The van der Waals surface area contributed by atoms with Crippen molar-refractivity contribution in [2.24, 2.45) is 11.3 Å². The van der Waals surface area contributed by atoms with Crippen molar-refractivity contribution < 1.29 is 4.74 Å². The normalized spacial score (nSPS) is 24.5. The molecule has 1 aliphatic rings. The van der Waals surface area contributed by atoms with Crippen LogP contribution in [0.3, 0.4) is 0 Å². The van der Waals surface area contributed by atoms with Crippen molar-refractivity contribution in [2.75, 3.05) is 31.4 Å². The molecular formula is C17H29N3O. The van der Waals surface area contributed by atoms with E-state index >= 15 is 0 Å². The van der Waals surface area contributed by atoms with Crippen LogP contribution < -0.4 is 15.0 Å². The van der Waals surface area contributed by atoms with Gasteiger partial charge in [0.25, 0.3) is 0 Å². The average molecular weight is 291 g/mol. The minimum absolute atomic E-state index is 0.459. The summed E-state index contributed by atoms with van der Waals surface area (Å²) in [6, 6.07) is 2.51. The zero-order valence-corrected chi connectivity index (χ0v) is 14.2. The lowest BCUT2D eigenvalue weighted by molar-refractivity contribution is 0.177. The molecule has 1 saturated carbocycles. The van der Waals surface area contributed by atoms with Crippen molar-refractivity contribution >= 4 is 11.4 Å². The SMILES string of the molecule is COc1nccc(N(C)C)c1NC1CCC(C)(C)CC1C. The summed E-state index contributed by atoms with van der Waals surface area (Å²) in [6.45, 7) is 7.09. The lowest BCUT2D eigenvalue weighted by atomic mass is 9.70. The molecule has 0 aromatic carbocycles. The van der Waals surface area contributed by atoms with Crippen molar-refractivity contribution in [3.05, 3.63) is 12.3 Å². The molecule has 0 spiro atoms. The van der Waals surface area contributed by atoms with Crippen LogP contribution >= 0.6 is 0 Å². The molecule has 21 heavy (non-hydrogen) atoms. The van der Waals surface area contributed by atoms with E-state index in [9.17, 15) is 0 Å². The number of aromatic nitrogens is 1. The highest BCUT2D eigenvalue weighted by atomic mass is 16.5. The van der Waals surface area contributed by atoms with Crippen molar-refractivity contribution in [3.8, 4) is 5.88 Å². The second-order valence-corrected chi connectivity index (χ2v) is 7.24. The summed E-state index contributed by atoms with van der Waals surface area (Å²) in [4.78, 5) is 6.45. The molecule has 0 aliphatic heterocycles. The quantitative estimate of drug-likeness (QED) is 0.916. The predicted octanol–water partition coefficient (Wildman–Crippen LogP) is 3.78. The first-order valence-corrected chi connectivity index (χ1v) is 7.81. The molecule has 1 N–H and O–H groups in total. The molecule has 4 heteroatoms. The fraction of sp³-hybridized carbons (Fsp3) is 0.706. The van der Waals surface area contributed by atoms with Crippen molar-refractivity contribution in [2.45, 2.75) is 46.1 Å². The van der Waals surface area contributed by atoms with E-state index in [1.54, 1.807) is 13.3 Å². The molecule has 1 fully saturated rings. The third-order valence-electron chi connectivity index (χ3n) is 4.59. The number of ether oxygens (including phenoxy) is 1. The highest BCUT2D eigenvalue weighted by Crippen LogP contribution is 2.41. The lowest BCUT2D eigenvalue weighted by Crippen LogP contribution is -2.37. The molecule has 1 heterocycles. The van der Waals surface area contributed by atoms with Crippen LogP contribution in [0.5, 0.6) is 5.88 Å². The van der Waals surface area contributed by atoms with E-state index in [0.29, 0.717) is 23.3 Å². The van der Waals surface area contributed by atoms with Crippen LogP contribution in [0.2, 0.25) is 0 Å². The third kappa shape index (κ3) is 3.60. The number of nitrogens with zero attached hydrogens (tertiary/aromatic N) is 2. The summed E-state index contributed by atoms with van der Waals surface area (Å²) in [5.74, 6) is 1.33. The summed E-state index contributed by atoms with van der Waals surface area (Å²) in [7, 11) is 5.78. The molecule has 2 unspecified atom stereocenters. The van der Waals surface area contributed by atoms with Crippen molar-refractivity contribution in [1.29, 1.82) is 0 Å². The molecule has 0 bridgehead atoms. The van der Waals surface area contributed by atoms with Crippen LogP contribution in [0.25, 0.3) is 0 Å². The molecule has 2 atom stereocenters. The van der Waals surface area contributed by atoms with Gasteiger partial charge in [-0.2, -0.15) is 0 Å². The van der Waals surface area contributed by atoms with E-state index < -0.39 is 0 Å². The molecule has 2 rings (SSSR count). The average Bonchev–Trinajstić information content (AvgIpc) is 2.41. The smallest absolute Gasteiger partial charge is 0.239 e. The van der Waals surface area contributed by atoms with Gasteiger partial charge >= 0.3 is 0 Å². The zero-order valence-electron chi connectivity index (χ0n) is 14.2. The van der Waals surface area contributed by atoms with Gasteiger partial charge in [-0.25, -0.2) is 4.98 Å². The Morgan fingerprint density at radius 2 is 2.10 bits per heavy atom. The first-order valence-electron chi connectivity index (χ1n) is 7.81. The molecule has 0 amide bonds. The molecular weight excluding hydrogens is 262 g/mol. The Hall–Kier alpha value is -1.45. The number of rotatable bonds is 4. The summed E-state index contributed by atoms with van der Waals surface area (Å²) in [5.41, 5.74) is 2.60. The number of methoxy groups -OCH3 is 1. The van der Waals surface area contributed by atoms with Crippen LogP contribution in [0.4, 0.5) is 11.4 Å². The Labute approximate surface area is 128 Å². The van der Waals surface area contributed by atoms with Crippen LogP contribution in [-0.2, 0) is 0 Å². The van der Waals surface area contributed by atoms with Gasteiger partial charge in [-0.15, -0.1) is 0 Å². The van der Waals surface area contributed by atoms with Gasteiger partial charge in [0.05, 0.1) is 12.8 Å². The Bertz CT molecular complexity index is 485. The monoisotopic (exact) mass is 291 g/mol. The molecule has 1 aromatic rings. The Balaban J connectivity index is 2.23. The second-order valence-electron chi connectivity index (χ2n) is 7.24. The van der Waals surface area contributed by atoms with Gasteiger partial charge in [-0.1, -0.05) is 20.8 Å². The molecule has 0 saturated heterocycles. The maximum absolute atomic E-state index is 5.45. The van der Waals surface area contributed by atoms with Gasteiger partial charge < -0.3 is 15.0 Å². The first-order chi connectivity index (χ1) is 9.84. The fourth-order valence-electron chi connectivity index (χ4n) is 3.44. The highest BCUT2D eigenvalue weighted by Gasteiger charge is 2.33. The Morgan fingerprint density at radius 1 is 1.38 bits per heavy atom. The van der Waals surface area contributed by atoms with Crippen molar-refractivity contribution in [3.63, 3.8) is 0 Å². The summed E-state index contributed by atoms with van der Waals surface area (Å²) in [5, 5.41) is 3.71. The third-order valence-corrected chi connectivity index (χ3v) is 4.59. The lowest BCUT2D eigenvalue weighted by Gasteiger charge is -2.40. The standard InChI is InChI=1S/C17H29N3O/c1-12-11-17(2,3)9-7-13(12)19-15-14(20(4)5)8-10-18-16(15)21-6/h8,10,12-13,19H,7,9,11H2,1-6H3. The van der Waals surface area contributed by atoms with Gasteiger partial charge in [-0.05, 0) is 36.7 Å². The second kappa shape index (κ2) is 6.12. The highest BCUT2D eigenvalue weighted by molar-refractivity contribution is 5.74. The van der Waals surface area contributed by atoms with Gasteiger partial charge in [0, 0.05) is 26.3 Å². The van der Waals surface area contributed by atoms with Crippen LogP contribution in [0.15, 0.2) is 12.3 Å². The number of anilines is 2. The summed E-state index contributed by atoms with van der Waals surface area (Å²) >= 11 is 0. The molecule has 4 nitrogen and oxygen atoms in total. The van der Waals surface area contributed by atoms with Crippen molar-refractivity contribution in [1.82, 2.24) is 4.98 Å². The number of nitrogens with one attached hydrogen (secondary N) is 1. The number of hydrogen-bond acceptors (Lipinski definition) is 4. The topological polar surface area (TPSA) is 37.4 Å². The summed E-state index contributed by atoms with van der Waals surface area (Å²) in [6.07, 6.45) is 5.51. The molecule has 118 valence electrons. The maximum atomic E-state index is 5.45. The first kappa shape index (κ1) is 15.9. The van der Waals surface area contributed by atoms with E-state index in [-0.39, 0.29) is 0 Å². The fourth-order valence-corrected chi connectivity index (χ4v) is 3.44. The zero-order chi connectivity index (χ0) is 15.6. The van der Waals surface area contributed by atoms with Crippen LogP contribution in [-0.4, -0.2) is 32.2 Å². The largest absolute Gasteiger partial charge is 0.479 e. The minimum atomic E-state index is 0.459. The minimum Gasteiger partial charge on any atom is -0.479 e. The van der Waals surface area contributed by atoms with E-state index in [0.717, 1.165) is 11.4 Å². The van der Waals surface area contributed by atoms with E-state index in [2.05, 4.69) is 36.0 Å². The maximum Gasteiger partial charge on any atom is 0.239 e. The van der Waals surface area contributed by atoms with Crippen LogP contribution in [0, 0.1) is 11.3 Å². The van der Waals surface area contributed by atoms with Gasteiger partial charge in [0.15, 0.2) is 0 Å². The molecule has 0 radical (unpaired) electrons. The van der Waals surface area contributed by atoms with Crippen LogP contribution in [0.1, 0.15) is 40.0 Å². The van der Waals surface area contributed by atoms with E-state index in [1.807, 2.05) is 20.2 Å². The Morgan fingerprint density at radius 3 is 2.67 bits per heavy atom. The molecule has 1 aliphatic carbocycles. The number of pyridine rings is 1. The van der Waals surface area contributed by atoms with Gasteiger partial charge in [0.1, 0.15) is 5.69 Å². The van der Waals surface area contributed by atoms with Gasteiger partial charge in [0.2, 0.25) is 5.88 Å². The van der Waals surface area contributed by atoms with Gasteiger partial charge in [-0.3, -0.25) is 0 Å². The predicted molar refractivity (Wildman–Crippen MR) is 89.3 cm³/mol. The summed E-state index contributed by atoms with van der Waals surface area (Å²) < 4.78 is 5.45. The molecule has 1 aromatic heterocycles. The number of hydrogen-bond donors (Lipinski definition) is 1. The van der Waals surface area contributed by atoms with E-state index in [4.69, 9.17) is 4.74 Å². The Kier molecular flexibility index (Phi) is 4.64.